The Morgan fingerprint density at radius 2 is 1.90 bits per heavy atom. The van der Waals surface area contributed by atoms with Crippen LogP contribution in [-0.4, -0.2) is 48.5 Å². The lowest BCUT2D eigenvalue weighted by atomic mass is 10.1. The molecule has 0 aliphatic carbocycles. The molecule has 0 saturated heterocycles. The van der Waals surface area contributed by atoms with Gasteiger partial charge >= 0.3 is 0 Å². The number of fused-ring (bicyclic) bond motifs is 1. The van der Waals surface area contributed by atoms with E-state index in [9.17, 15) is 13.2 Å². The number of carbonyl (C=O) groups excluding carboxylic acids is 1. The second-order valence-corrected chi connectivity index (χ2v) is 9.13. The molecular formula is C20H23N5O3S. The Labute approximate surface area is 170 Å². The fourth-order valence-electron chi connectivity index (χ4n) is 2.76. The molecule has 2 aromatic rings. The summed E-state index contributed by atoms with van der Waals surface area (Å²) < 4.78 is 28.7. The molecule has 0 fully saturated rings. The van der Waals surface area contributed by atoms with E-state index in [1.807, 2.05) is 26.8 Å². The predicted octanol–water partition coefficient (Wildman–Crippen LogP) is 2.17. The highest BCUT2D eigenvalue weighted by Gasteiger charge is 2.32. The van der Waals surface area contributed by atoms with Crippen LogP contribution in [0.4, 0.5) is 0 Å². The minimum Gasteiger partial charge on any atom is -0.351 e. The van der Waals surface area contributed by atoms with Gasteiger partial charge in [-0.15, -0.1) is 4.40 Å². The number of amidine groups is 1. The molecule has 0 bridgehead atoms. The lowest BCUT2D eigenvalue weighted by Gasteiger charge is -2.22. The Morgan fingerprint density at radius 3 is 2.59 bits per heavy atom. The van der Waals surface area contributed by atoms with Gasteiger partial charge in [-0.25, -0.2) is 5.01 Å². The number of benzene rings is 1. The van der Waals surface area contributed by atoms with Crippen LogP contribution in [0.15, 0.2) is 63.1 Å². The van der Waals surface area contributed by atoms with Crippen molar-refractivity contribution in [2.24, 2.45) is 9.50 Å². The first-order valence-corrected chi connectivity index (χ1v) is 10.6. The predicted molar refractivity (Wildman–Crippen MR) is 111 cm³/mol. The van der Waals surface area contributed by atoms with Gasteiger partial charge in [0.25, 0.3) is 10.0 Å². The van der Waals surface area contributed by atoms with Crippen LogP contribution in [0.3, 0.4) is 0 Å². The number of amides is 1. The molecule has 0 radical (unpaired) electrons. The Morgan fingerprint density at radius 1 is 1.17 bits per heavy atom. The van der Waals surface area contributed by atoms with Crippen LogP contribution in [0.5, 0.6) is 0 Å². The fraction of sp³-hybridized carbons (Fsp3) is 0.300. The molecule has 1 aromatic carbocycles. The number of sulfonamides is 1. The number of nitrogens with one attached hydrogen (secondary N) is 1. The van der Waals surface area contributed by atoms with E-state index in [0.717, 1.165) is 0 Å². The molecule has 0 unspecified atom stereocenters. The number of pyridine rings is 1. The fourth-order valence-corrected chi connectivity index (χ4v) is 3.97. The molecule has 1 aromatic heterocycles. The van der Waals surface area contributed by atoms with Crippen LogP contribution >= 0.6 is 0 Å². The zero-order valence-electron chi connectivity index (χ0n) is 16.5. The molecule has 1 aliphatic heterocycles. The van der Waals surface area contributed by atoms with Gasteiger partial charge in [0.1, 0.15) is 4.90 Å². The molecule has 3 rings (SSSR count). The minimum absolute atomic E-state index is 0.123. The summed E-state index contributed by atoms with van der Waals surface area (Å²) in [5.41, 5.74) is 0.702. The van der Waals surface area contributed by atoms with E-state index in [0.29, 0.717) is 11.3 Å². The maximum atomic E-state index is 12.4. The van der Waals surface area contributed by atoms with Gasteiger partial charge < -0.3 is 5.32 Å². The normalized spacial score (nSPS) is 15.1. The van der Waals surface area contributed by atoms with E-state index in [4.69, 9.17) is 0 Å². The van der Waals surface area contributed by atoms with Gasteiger partial charge in [-0.05, 0) is 45.0 Å². The highest BCUT2D eigenvalue weighted by atomic mass is 32.2. The quantitative estimate of drug-likeness (QED) is 0.598. The van der Waals surface area contributed by atoms with Crippen LogP contribution in [0, 0.1) is 0 Å². The third kappa shape index (κ3) is 5.26. The highest BCUT2D eigenvalue weighted by Crippen LogP contribution is 2.27. The number of hydrogen-bond acceptors (Lipinski definition) is 6. The second-order valence-electron chi connectivity index (χ2n) is 7.56. The molecule has 1 N–H and O–H groups in total. The summed E-state index contributed by atoms with van der Waals surface area (Å²) in [6, 6.07) is 12.0. The third-order valence-electron chi connectivity index (χ3n) is 3.94. The molecule has 0 saturated carbocycles. The van der Waals surface area contributed by atoms with Gasteiger partial charge in [0.15, 0.2) is 5.84 Å². The monoisotopic (exact) mass is 413 g/mol. The largest absolute Gasteiger partial charge is 0.351 e. The van der Waals surface area contributed by atoms with Gasteiger partial charge in [0.2, 0.25) is 5.91 Å². The first-order chi connectivity index (χ1) is 13.7. The number of hydrogen-bond donors (Lipinski definition) is 1. The smallest absolute Gasteiger partial charge is 0.285 e. The van der Waals surface area contributed by atoms with Crippen LogP contribution in [0.2, 0.25) is 0 Å². The van der Waals surface area contributed by atoms with Crippen LogP contribution < -0.4 is 5.32 Å². The third-order valence-corrected chi connectivity index (χ3v) is 5.26. The average Bonchev–Trinajstić information content (AvgIpc) is 2.93. The molecule has 8 nitrogen and oxygen atoms in total. The number of rotatable bonds is 5. The Hall–Kier alpha value is -3.07. The summed E-state index contributed by atoms with van der Waals surface area (Å²) >= 11 is 0. The molecule has 0 atom stereocenters. The van der Waals surface area contributed by atoms with Crippen LogP contribution in [-0.2, 0) is 14.8 Å². The van der Waals surface area contributed by atoms with E-state index >= 15 is 0 Å². The zero-order chi connectivity index (χ0) is 21.1. The molecule has 2 heterocycles. The number of aromatic nitrogens is 1. The summed E-state index contributed by atoms with van der Waals surface area (Å²) in [6.45, 7) is 5.84. The van der Waals surface area contributed by atoms with Crippen LogP contribution in [0.1, 0.15) is 38.4 Å². The van der Waals surface area contributed by atoms with Crippen molar-refractivity contribution in [2.45, 2.75) is 37.6 Å². The number of nitrogens with zero attached hydrogens (tertiary/aromatic N) is 4. The molecule has 29 heavy (non-hydrogen) atoms. The molecule has 152 valence electrons. The first kappa shape index (κ1) is 20.7. The molecule has 9 heteroatoms. The molecular weight excluding hydrogens is 390 g/mol. The van der Waals surface area contributed by atoms with Crippen molar-refractivity contribution in [1.29, 1.82) is 0 Å². The van der Waals surface area contributed by atoms with Crippen molar-refractivity contribution >= 4 is 28.0 Å². The molecule has 1 amide bonds. The first-order valence-electron chi connectivity index (χ1n) is 9.14. The van der Waals surface area contributed by atoms with Gasteiger partial charge in [-0.3, -0.25) is 9.78 Å². The lowest BCUT2D eigenvalue weighted by Crippen LogP contribution is -2.42. The van der Waals surface area contributed by atoms with Crippen molar-refractivity contribution in [3.63, 3.8) is 0 Å². The van der Waals surface area contributed by atoms with E-state index in [1.165, 1.54) is 17.3 Å². The van der Waals surface area contributed by atoms with Crippen molar-refractivity contribution in [2.75, 3.05) is 6.54 Å². The topological polar surface area (TPSA) is 104 Å². The Bertz CT molecular complexity index is 1060. The van der Waals surface area contributed by atoms with Crippen molar-refractivity contribution in [3.8, 4) is 0 Å². The maximum absolute atomic E-state index is 12.4. The number of hydrazone groups is 1. The van der Waals surface area contributed by atoms with Crippen molar-refractivity contribution in [1.82, 2.24) is 15.3 Å². The van der Waals surface area contributed by atoms with E-state index in [2.05, 4.69) is 19.8 Å². The SMILES string of the molecule is CC(C)(C)NC(=O)CCN(/N=C/c1ccccn1)C1=NS(=O)(=O)c2ccccc21. The zero-order valence-corrected chi connectivity index (χ0v) is 17.3. The van der Waals surface area contributed by atoms with Crippen molar-refractivity contribution in [3.05, 3.63) is 59.9 Å². The van der Waals surface area contributed by atoms with E-state index in [1.54, 1.807) is 36.5 Å². The Balaban J connectivity index is 1.89. The second kappa shape index (κ2) is 8.12. The Kier molecular flexibility index (Phi) is 5.78. The summed E-state index contributed by atoms with van der Waals surface area (Å²) in [5.74, 6) is 0.0293. The van der Waals surface area contributed by atoms with Gasteiger partial charge in [-0.1, -0.05) is 18.2 Å². The van der Waals surface area contributed by atoms with Crippen molar-refractivity contribution < 1.29 is 13.2 Å². The summed E-state index contributed by atoms with van der Waals surface area (Å²) in [4.78, 5) is 16.6. The summed E-state index contributed by atoms with van der Waals surface area (Å²) in [7, 11) is -3.79. The van der Waals surface area contributed by atoms with E-state index in [-0.39, 0.29) is 35.1 Å². The average molecular weight is 414 g/mol. The molecule has 0 spiro atoms. The van der Waals surface area contributed by atoms with Gasteiger partial charge in [0.05, 0.1) is 18.5 Å². The number of carbonyl (C=O) groups is 1. The maximum Gasteiger partial charge on any atom is 0.285 e. The standard InChI is InChI=1S/C20H23N5O3S/c1-20(2,3)23-18(26)11-13-25(22-14-15-8-6-7-12-21-15)19-16-9-4-5-10-17(16)29(27,28)24-19/h4-10,12,14H,11,13H2,1-3H3,(H,23,26)/b22-14+. The highest BCUT2D eigenvalue weighted by molar-refractivity contribution is 7.90. The minimum atomic E-state index is -3.79. The van der Waals surface area contributed by atoms with E-state index < -0.39 is 10.0 Å². The summed E-state index contributed by atoms with van der Waals surface area (Å²) in [5, 5.41) is 8.70. The lowest BCUT2D eigenvalue weighted by molar-refractivity contribution is -0.122. The summed E-state index contributed by atoms with van der Waals surface area (Å²) in [6.07, 6.45) is 3.27. The van der Waals surface area contributed by atoms with Gasteiger partial charge in [-0.2, -0.15) is 13.5 Å². The van der Waals surface area contributed by atoms with Crippen LogP contribution in [0.25, 0.3) is 0 Å². The molecule has 1 aliphatic rings. The van der Waals surface area contributed by atoms with Gasteiger partial charge in [0, 0.05) is 23.7 Å².